The molecule has 0 radical (unpaired) electrons. The Morgan fingerprint density at radius 3 is 2.52 bits per heavy atom. The molecule has 3 nitrogen and oxygen atoms in total. The molecule has 0 saturated heterocycles. The molecule has 2 rings (SSSR count). The van der Waals surface area contributed by atoms with Crippen LogP contribution in [0.25, 0.3) is 0 Å². The highest BCUT2D eigenvalue weighted by atomic mass is 19.4. The highest BCUT2D eigenvalue weighted by Gasteiger charge is 2.42. The summed E-state index contributed by atoms with van der Waals surface area (Å²) in [6.45, 7) is 0. The van der Waals surface area contributed by atoms with E-state index < -0.39 is 12.1 Å². The molecule has 116 valence electrons. The first kappa shape index (κ1) is 15.7. The molecular formula is C15H19F3N2O. The van der Waals surface area contributed by atoms with Gasteiger partial charge >= 0.3 is 6.18 Å². The molecule has 1 saturated carbocycles. The number of carbonyl (C=O) groups is 1. The largest absolute Gasteiger partial charge is 0.399 e. The summed E-state index contributed by atoms with van der Waals surface area (Å²) in [4.78, 5) is 11.9. The van der Waals surface area contributed by atoms with Gasteiger partial charge in [-0.05, 0) is 37.0 Å². The number of nitrogens with one attached hydrogen (secondary N) is 1. The monoisotopic (exact) mass is 300 g/mol. The Morgan fingerprint density at radius 1 is 1.24 bits per heavy atom. The van der Waals surface area contributed by atoms with Crippen LogP contribution in [0.5, 0.6) is 0 Å². The van der Waals surface area contributed by atoms with Crippen molar-refractivity contribution in [2.45, 2.75) is 44.3 Å². The summed E-state index contributed by atoms with van der Waals surface area (Å²) in [6.07, 6.45) is -2.75. The zero-order valence-corrected chi connectivity index (χ0v) is 11.6. The van der Waals surface area contributed by atoms with Crippen molar-refractivity contribution in [2.75, 3.05) is 5.73 Å². The van der Waals surface area contributed by atoms with Crippen LogP contribution in [0.1, 0.15) is 31.2 Å². The predicted octanol–water partition coefficient (Wildman–Crippen LogP) is 3.05. The second-order valence-corrected chi connectivity index (χ2v) is 5.59. The number of alkyl halides is 3. The lowest BCUT2D eigenvalue weighted by Gasteiger charge is -2.31. The number of amides is 1. The molecule has 21 heavy (non-hydrogen) atoms. The minimum atomic E-state index is -4.17. The van der Waals surface area contributed by atoms with Crippen molar-refractivity contribution >= 4 is 11.6 Å². The number of nitrogens with two attached hydrogens (primary N) is 1. The van der Waals surface area contributed by atoms with Gasteiger partial charge in [0.05, 0.1) is 12.3 Å². The van der Waals surface area contributed by atoms with E-state index in [2.05, 4.69) is 5.32 Å². The van der Waals surface area contributed by atoms with E-state index in [1.165, 1.54) is 0 Å². The predicted molar refractivity (Wildman–Crippen MR) is 74.5 cm³/mol. The molecule has 0 aliphatic heterocycles. The molecule has 0 bridgehead atoms. The Labute approximate surface area is 121 Å². The lowest BCUT2D eigenvalue weighted by Crippen LogP contribution is -2.42. The Bertz CT molecular complexity index is 485. The number of hydrogen-bond acceptors (Lipinski definition) is 2. The number of nitrogen functional groups attached to an aromatic ring is 1. The molecule has 0 heterocycles. The number of hydrogen-bond donors (Lipinski definition) is 2. The van der Waals surface area contributed by atoms with Crippen LogP contribution in [0, 0.1) is 5.92 Å². The topological polar surface area (TPSA) is 55.1 Å². The van der Waals surface area contributed by atoms with Crippen molar-refractivity contribution in [3.8, 4) is 0 Å². The molecule has 0 spiro atoms. The van der Waals surface area contributed by atoms with Gasteiger partial charge in [-0.1, -0.05) is 18.6 Å². The van der Waals surface area contributed by atoms with E-state index in [0.29, 0.717) is 18.5 Å². The van der Waals surface area contributed by atoms with Crippen molar-refractivity contribution < 1.29 is 18.0 Å². The summed E-state index contributed by atoms with van der Waals surface area (Å²) in [7, 11) is 0. The number of benzene rings is 1. The first-order valence-corrected chi connectivity index (χ1v) is 7.05. The summed E-state index contributed by atoms with van der Waals surface area (Å²) in [5, 5.41) is 2.71. The molecule has 2 unspecified atom stereocenters. The van der Waals surface area contributed by atoms with Gasteiger partial charge in [0.25, 0.3) is 0 Å². The first-order chi connectivity index (χ1) is 9.84. The third-order valence-corrected chi connectivity index (χ3v) is 3.85. The normalized spacial score (nSPS) is 22.8. The average molecular weight is 300 g/mol. The maximum atomic E-state index is 12.7. The first-order valence-electron chi connectivity index (χ1n) is 7.05. The number of anilines is 1. The van der Waals surface area contributed by atoms with Crippen molar-refractivity contribution in [1.29, 1.82) is 0 Å². The van der Waals surface area contributed by atoms with E-state index in [1.54, 1.807) is 24.3 Å². The van der Waals surface area contributed by atoms with Crippen LogP contribution in [0.3, 0.4) is 0 Å². The molecule has 3 N–H and O–H groups in total. The SMILES string of the molecule is Nc1ccc(CC(=O)NC2CCCC(C(F)(F)F)C2)cc1. The zero-order chi connectivity index (χ0) is 15.5. The van der Waals surface area contributed by atoms with Crippen molar-refractivity contribution in [1.82, 2.24) is 5.32 Å². The summed E-state index contributed by atoms with van der Waals surface area (Å²) in [6, 6.07) is 6.50. The number of halogens is 3. The molecule has 1 aromatic carbocycles. The molecule has 1 amide bonds. The van der Waals surface area contributed by atoms with Crippen LogP contribution in [0.15, 0.2) is 24.3 Å². The van der Waals surface area contributed by atoms with Crippen LogP contribution < -0.4 is 11.1 Å². The van der Waals surface area contributed by atoms with Gasteiger partial charge in [0.15, 0.2) is 0 Å². The van der Waals surface area contributed by atoms with Crippen LogP contribution in [0.4, 0.5) is 18.9 Å². The van der Waals surface area contributed by atoms with Gasteiger partial charge in [-0.15, -0.1) is 0 Å². The van der Waals surface area contributed by atoms with Crippen LogP contribution >= 0.6 is 0 Å². The van der Waals surface area contributed by atoms with Crippen molar-refractivity contribution in [3.63, 3.8) is 0 Å². The Kier molecular flexibility index (Phi) is 4.75. The van der Waals surface area contributed by atoms with Crippen LogP contribution in [-0.4, -0.2) is 18.1 Å². The minimum Gasteiger partial charge on any atom is -0.399 e. The van der Waals surface area contributed by atoms with E-state index in [0.717, 1.165) is 5.56 Å². The Balaban J connectivity index is 1.86. The van der Waals surface area contributed by atoms with Gasteiger partial charge in [0.2, 0.25) is 5.91 Å². The van der Waals surface area contributed by atoms with Gasteiger partial charge in [0.1, 0.15) is 0 Å². The van der Waals surface area contributed by atoms with E-state index in [-0.39, 0.29) is 31.2 Å². The fourth-order valence-corrected chi connectivity index (χ4v) is 2.72. The lowest BCUT2D eigenvalue weighted by atomic mass is 9.85. The van der Waals surface area contributed by atoms with Crippen molar-refractivity contribution in [3.05, 3.63) is 29.8 Å². The van der Waals surface area contributed by atoms with Crippen molar-refractivity contribution in [2.24, 2.45) is 5.92 Å². The van der Waals surface area contributed by atoms with E-state index in [4.69, 9.17) is 5.73 Å². The highest BCUT2D eigenvalue weighted by Crippen LogP contribution is 2.37. The van der Waals surface area contributed by atoms with Gasteiger partial charge < -0.3 is 11.1 Å². The summed E-state index contributed by atoms with van der Waals surface area (Å²) in [5.41, 5.74) is 6.96. The zero-order valence-electron chi connectivity index (χ0n) is 11.6. The average Bonchev–Trinajstić information content (AvgIpc) is 2.41. The fourth-order valence-electron chi connectivity index (χ4n) is 2.72. The maximum absolute atomic E-state index is 12.7. The summed E-state index contributed by atoms with van der Waals surface area (Å²) >= 11 is 0. The molecule has 1 aromatic rings. The molecule has 0 aromatic heterocycles. The molecular weight excluding hydrogens is 281 g/mol. The quantitative estimate of drug-likeness (QED) is 0.843. The van der Waals surface area contributed by atoms with Gasteiger partial charge in [0, 0.05) is 11.7 Å². The number of rotatable bonds is 3. The standard InChI is InChI=1S/C15H19F3N2O/c16-15(17,18)11-2-1-3-13(9-11)20-14(21)8-10-4-6-12(19)7-5-10/h4-7,11,13H,1-3,8-9,19H2,(H,20,21). The smallest absolute Gasteiger partial charge is 0.391 e. The van der Waals surface area contributed by atoms with Gasteiger partial charge in [-0.2, -0.15) is 13.2 Å². The second-order valence-electron chi connectivity index (χ2n) is 5.59. The van der Waals surface area contributed by atoms with E-state index >= 15 is 0 Å². The van der Waals surface area contributed by atoms with E-state index in [1.807, 2.05) is 0 Å². The molecule has 6 heteroatoms. The van der Waals surface area contributed by atoms with Crippen LogP contribution in [0.2, 0.25) is 0 Å². The van der Waals surface area contributed by atoms with Crippen LogP contribution in [-0.2, 0) is 11.2 Å². The third kappa shape index (κ3) is 4.65. The lowest BCUT2D eigenvalue weighted by molar-refractivity contribution is -0.184. The fraction of sp³-hybridized carbons (Fsp3) is 0.533. The molecule has 1 aliphatic rings. The minimum absolute atomic E-state index is 0.0169. The highest BCUT2D eigenvalue weighted by molar-refractivity contribution is 5.79. The Hall–Kier alpha value is -1.72. The summed E-state index contributed by atoms with van der Waals surface area (Å²) < 4.78 is 38.1. The Morgan fingerprint density at radius 2 is 1.90 bits per heavy atom. The molecule has 2 atom stereocenters. The summed E-state index contributed by atoms with van der Waals surface area (Å²) in [5.74, 6) is -1.54. The second kappa shape index (κ2) is 6.37. The molecule has 1 fully saturated rings. The number of carbonyl (C=O) groups excluding carboxylic acids is 1. The molecule has 1 aliphatic carbocycles. The van der Waals surface area contributed by atoms with Gasteiger partial charge in [-0.3, -0.25) is 4.79 Å². The third-order valence-electron chi connectivity index (χ3n) is 3.85. The maximum Gasteiger partial charge on any atom is 0.391 e. The van der Waals surface area contributed by atoms with Gasteiger partial charge in [-0.25, -0.2) is 0 Å². The van der Waals surface area contributed by atoms with E-state index in [9.17, 15) is 18.0 Å².